The van der Waals surface area contributed by atoms with Crippen LogP contribution in [0.4, 0.5) is 0 Å². The van der Waals surface area contributed by atoms with Crippen molar-refractivity contribution in [2.75, 3.05) is 0 Å². The summed E-state index contributed by atoms with van der Waals surface area (Å²) >= 11 is 0. The predicted octanol–water partition coefficient (Wildman–Crippen LogP) is 1.34. The minimum absolute atomic E-state index is 0.326. The third kappa shape index (κ3) is 1.86. The van der Waals surface area contributed by atoms with E-state index in [-0.39, 0.29) is 18.3 Å². The van der Waals surface area contributed by atoms with Crippen LogP contribution < -0.4 is 5.46 Å². The molecular weight excluding hydrogens is 241 g/mol. The van der Waals surface area contributed by atoms with Crippen molar-refractivity contribution in [3.05, 3.63) is 24.2 Å². The van der Waals surface area contributed by atoms with Gasteiger partial charge in [-0.2, -0.15) is 0 Å². The molecule has 0 radical (unpaired) electrons. The van der Waals surface area contributed by atoms with Gasteiger partial charge in [0.1, 0.15) is 6.33 Å². The number of hydrogen-bond acceptors (Lipinski definition) is 4. The zero-order valence-electron chi connectivity index (χ0n) is 12.0. The molecule has 0 aromatic carbocycles. The zero-order valence-corrected chi connectivity index (χ0v) is 12.0. The molecule has 1 saturated heterocycles. The molecule has 0 N–H and O–H groups in total. The molecule has 1 fully saturated rings. The van der Waals surface area contributed by atoms with Crippen LogP contribution in [0.2, 0.25) is 0 Å². The van der Waals surface area contributed by atoms with E-state index in [4.69, 9.17) is 9.31 Å². The lowest BCUT2D eigenvalue weighted by atomic mass is 9.80. The third-order valence-electron chi connectivity index (χ3n) is 4.12. The lowest BCUT2D eigenvalue weighted by Crippen LogP contribution is -2.41. The van der Waals surface area contributed by atoms with Crippen LogP contribution in [0.15, 0.2) is 18.6 Å². The number of aryl methyl sites for hydroxylation is 1. The molecule has 3 rings (SSSR count). The number of pyridine rings is 1. The maximum absolute atomic E-state index is 6.05. The highest BCUT2D eigenvalue weighted by Gasteiger charge is 2.51. The molecule has 0 atom stereocenters. The molecule has 5 nitrogen and oxygen atoms in total. The van der Waals surface area contributed by atoms with Crippen LogP contribution in [0.25, 0.3) is 5.65 Å². The van der Waals surface area contributed by atoms with Crippen LogP contribution in [0, 0.1) is 6.92 Å². The van der Waals surface area contributed by atoms with E-state index in [1.54, 1.807) is 6.33 Å². The number of hydrogen-bond donors (Lipinski definition) is 0. The van der Waals surface area contributed by atoms with Crippen molar-refractivity contribution in [2.24, 2.45) is 0 Å². The maximum atomic E-state index is 6.05. The SMILES string of the molecule is Cc1cc(B2OC(C)(C)C(C)(C)O2)cn2cnnc12. The fourth-order valence-corrected chi connectivity index (χ4v) is 2.24. The first-order chi connectivity index (χ1) is 8.80. The molecule has 1 aliphatic rings. The quantitative estimate of drug-likeness (QED) is 0.725. The summed E-state index contributed by atoms with van der Waals surface area (Å²) in [6, 6.07) is 2.05. The van der Waals surface area contributed by atoms with Gasteiger partial charge in [0, 0.05) is 6.20 Å². The van der Waals surface area contributed by atoms with Crippen molar-refractivity contribution < 1.29 is 9.31 Å². The fourth-order valence-electron chi connectivity index (χ4n) is 2.24. The topological polar surface area (TPSA) is 48.7 Å². The summed E-state index contributed by atoms with van der Waals surface area (Å²) < 4.78 is 14.0. The molecule has 0 bridgehead atoms. The van der Waals surface area contributed by atoms with Gasteiger partial charge in [-0.25, -0.2) is 0 Å². The van der Waals surface area contributed by atoms with Crippen molar-refractivity contribution in [3.63, 3.8) is 0 Å². The Hall–Kier alpha value is -1.40. The van der Waals surface area contributed by atoms with Gasteiger partial charge < -0.3 is 9.31 Å². The molecule has 100 valence electrons. The smallest absolute Gasteiger partial charge is 0.399 e. The molecule has 0 aliphatic carbocycles. The summed E-state index contributed by atoms with van der Waals surface area (Å²) in [6.07, 6.45) is 3.65. The Morgan fingerprint density at radius 3 is 2.42 bits per heavy atom. The molecular formula is C13H18BN3O2. The van der Waals surface area contributed by atoms with E-state index in [0.29, 0.717) is 0 Å². The fraction of sp³-hybridized carbons (Fsp3) is 0.538. The second kappa shape index (κ2) is 3.80. The Labute approximate surface area is 113 Å². The highest BCUT2D eigenvalue weighted by molar-refractivity contribution is 6.62. The summed E-state index contributed by atoms with van der Waals surface area (Å²) in [4.78, 5) is 0. The summed E-state index contributed by atoms with van der Waals surface area (Å²) in [5, 5.41) is 7.99. The number of rotatable bonds is 1. The average Bonchev–Trinajstić information content (AvgIpc) is 2.82. The van der Waals surface area contributed by atoms with E-state index in [2.05, 4.69) is 37.9 Å². The van der Waals surface area contributed by atoms with E-state index in [1.807, 2.05) is 23.6 Å². The molecule has 3 heterocycles. The van der Waals surface area contributed by atoms with E-state index in [9.17, 15) is 0 Å². The molecule has 2 aromatic rings. The van der Waals surface area contributed by atoms with Gasteiger partial charge in [-0.05, 0) is 45.6 Å². The van der Waals surface area contributed by atoms with E-state index >= 15 is 0 Å². The molecule has 19 heavy (non-hydrogen) atoms. The number of nitrogens with zero attached hydrogens (tertiary/aromatic N) is 3. The Kier molecular flexibility index (Phi) is 2.53. The van der Waals surface area contributed by atoms with Gasteiger partial charge in [0.2, 0.25) is 0 Å². The molecule has 0 spiro atoms. The summed E-state index contributed by atoms with van der Waals surface area (Å²) in [5.41, 5.74) is 2.26. The zero-order chi connectivity index (χ0) is 13.8. The van der Waals surface area contributed by atoms with Crippen molar-refractivity contribution in [3.8, 4) is 0 Å². The second-order valence-corrected chi connectivity index (χ2v) is 6.11. The Bertz CT molecular complexity index is 620. The minimum atomic E-state index is -0.351. The van der Waals surface area contributed by atoms with Crippen molar-refractivity contribution in [1.29, 1.82) is 0 Å². The highest BCUT2D eigenvalue weighted by Crippen LogP contribution is 2.36. The summed E-state index contributed by atoms with van der Waals surface area (Å²) in [6.45, 7) is 10.2. The Balaban J connectivity index is 2.02. The summed E-state index contributed by atoms with van der Waals surface area (Å²) in [7, 11) is -0.351. The molecule has 6 heteroatoms. The molecule has 0 unspecified atom stereocenters. The van der Waals surface area contributed by atoms with Crippen LogP contribution in [-0.2, 0) is 9.31 Å². The van der Waals surface area contributed by atoms with Crippen LogP contribution in [0.5, 0.6) is 0 Å². The molecule has 0 saturated carbocycles. The number of aromatic nitrogens is 3. The Morgan fingerprint density at radius 2 is 1.79 bits per heavy atom. The van der Waals surface area contributed by atoms with Gasteiger partial charge in [-0.15, -0.1) is 10.2 Å². The standard InChI is InChI=1S/C13H18BN3O2/c1-9-6-10(7-17-8-15-16-11(9)17)14-18-12(2,3)13(4,5)19-14/h6-8H,1-5H3. The maximum Gasteiger partial charge on any atom is 0.496 e. The van der Waals surface area contributed by atoms with Crippen LogP contribution >= 0.6 is 0 Å². The lowest BCUT2D eigenvalue weighted by Gasteiger charge is -2.32. The first-order valence-corrected chi connectivity index (χ1v) is 6.46. The Morgan fingerprint density at radius 1 is 1.16 bits per heavy atom. The van der Waals surface area contributed by atoms with Crippen molar-refractivity contribution in [2.45, 2.75) is 45.8 Å². The van der Waals surface area contributed by atoms with Gasteiger partial charge in [-0.1, -0.05) is 6.07 Å². The van der Waals surface area contributed by atoms with Crippen molar-refractivity contribution >= 4 is 18.2 Å². The van der Waals surface area contributed by atoms with Gasteiger partial charge in [-0.3, -0.25) is 4.40 Å². The monoisotopic (exact) mass is 259 g/mol. The average molecular weight is 259 g/mol. The van der Waals surface area contributed by atoms with Gasteiger partial charge in [0.25, 0.3) is 0 Å². The molecule has 1 aliphatic heterocycles. The summed E-state index contributed by atoms with van der Waals surface area (Å²) in [5.74, 6) is 0. The first-order valence-electron chi connectivity index (χ1n) is 6.46. The first kappa shape index (κ1) is 12.6. The highest BCUT2D eigenvalue weighted by atomic mass is 16.7. The lowest BCUT2D eigenvalue weighted by molar-refractivity contribution is 0.00578. The van der Waals surface area contributed by atoms with Crippen LogP contribution in [0.1, 0.15) is 33.3 Å². The van der Waals surface area contributed by atoms with Gasteiger partial charge >= 0.3 is 7.12 Å². The molecule has 2 aromatic heterocycles. The van der Waals surface area contributed by atoms with Crippen molar-refractivity contribution in [1.82, 2.24) is 14.6 Å². The molecule has 0 amide bonds. The van der Waals surface area contributed by atoms with Gasteiger partial charge in [0.05, 0.1) is 11.2 Å². The second-order valence-electron chi connectivity index (χ2n) is 6.11. The minimum Gasteiger partial charge on any atom is -0.399 e. The van der Waals surface area contributed by atoms with E-state index < -0.39 is 0 Å². The normalized spacial score (nSPS) is 21.2. The van der Waals surface area contributed by atoms with E-state index in [0.717, 1.165) is 16.7 Å². The predicted molar refractivity (Wildman–Crippen MR) is 73.4 cm³/mol. The number of fused-ring (bicyclic) bond motifs is 1. The third-order valence-corrected chi connectivity index (χ3v) is 4.12. The van der Waals surface area contributed by atoms with Crippen LogP contribution in [0.3, 0.4) is 0 Å². The van der Waals surface area contributed by atoms with E-state index in [1.165, 1.54) is 0 Å². The van der Waals surface area contributed by atoms with Gasteiger partial charge in [0.15, 0.2) is 5.65 Å². The largest absolute Gasteiger partial charge is 0.496 e. The van der Waals surface area contributed by atoms with Crippen LogP contribution in [-0.4, -0.2) is 32.9 Å².